The highest BCUT2D eigenvalue weighted by Crippen LogP contribution is 2.30. The van der Waals surface area contributed by atoms with Crippen molar-refractivity contribution < 1.29 is 23.8 Å². The lowest BCUT2D eigenvalue weighted by atomic mass is 9.80. The Hall–Kier alpha value is -2.34. The minimum Gasteiger partial charge on any atom is -0.481 e. The van der Waals surface area contributed by atoms with Gasteiger partial charge in [-0.3, -0.25) is 9.59 Å². The molecule has 6 heteroatoms. The Morgan fingerprint density at radius 2 is 1.96 bits per heavy atom. The van der Waals surface area contributed by atoms with Crippen LogP contribution in [0.5, 0.6) is 0 Å². The van der Waals surface area contributed by atoms with Crippen molar-refractivity contribution in [3.05, 3.63) is 35.1 Å². The Morgan fingerprint density at radius 1 is 1.24 bits per heavy atom. The average Bonchev–Trinajstić information content (AvgIpc) is 3.00. The Kier molecular flexibility index (Phi) is 4.81. The topological polar surface area (TPSA) is 88.8 Å². The normalized spacial score (nSPS) is 16.7. The molecule has 0 aliphatic carbocycles. The van der Waals surface area contributed by atoms with Gasteiger partial charge in [0.05, 0.1) is 18.1 Å². The van der Waals surface area contributed by atoms with Crippen molar-refractivity contribution in [2.24, 2.45) is 5.41 Å². The standard InChI is InChI=1S/C19H23NO5/c1-12-3-4-15-14(10-25-17(15)13(12)2)9-16(21)20-11-19(18(22)23)5-7-24-8-6-19/h3-4,10H,5-9,11H2,1-2H3,(H,20,21)(H,22,23). The van der Waals surface area contributed by atoms with Crippen LogP contribution < -0.4 is 5.32 Å². The van der Waals surface area contributed by atoms with Crippen molar-refractivity contribution in [3.63, 3.8) is 0 Å². The van der Waals surface area contributed by atoms with E-state index in [1.54, 1.807) is 6.26 Å². The van der Waals surface area contributed by atoms with E-state index < -0.39 is 11.4 Å². The number of amides is 1. The maximum atomic E-state index is 12.3. The molecule has 1 saturated heterocycles. The molecule has 0 radical (unpaired) electrons. The molecule has 0 spiro atoms. The van der Waals surface area contributed by atoms with E-state index in [9.17, 15) is 14.7 Å². The lowest BCUT2D eigenvalue weighted by Gasteiger charge is -2.33. The van der Waals surface area contributed by atoms with Gasteiger partial charge in [0.2, 0.25) is 5.91 Å². The highest BCUT2D eigenvalue weighted by Gasteiger charge is 2.40. The van der Waals surface area contributed by atoms with Crippen molar-refractivity contribution in [1.29, 1.82) is 0 Å². The monoisotopic (exact) mass is 345 g/mol. The lowest BCUT2D eigenvalue weighted by Crippen LogP contribution is -2.46. The second-order valence-corrected chi connectivity index (χ2v) is 6.80. The van der Waals surface area contributed by atoms with E-state index in [1.807, 2.05) is 26.0 Å². The van der Waals surface area contributed by atoms with Crippen LogP contribution in [0, 0.1) is 19.3 Å². The van der Waals surface area contributed by atoms with E-state index in [0.29, 0.717) is 26.1 Å². The molecular formula is C19H23NO5. The molecule has 1 aliphatic rings. The first-order chi connectivity index (χ1) is 11.9. The summed E-state index contributed by atoms with van der Waals surface area (Å²) in [7, 11) is 0. The van der Waals surface area contributed by atoms with Crippen LogP contribution in [0.15, 0.2) is 22.8 Å². The molecule has 3 rings (SSSR count). The molecule has 1 aromatic carbocycles. The van der Waals surface area contributed by atoms with E-state index in [-0.39, 0.29) is 18.9 Å². The SMILES string of the molecule is Cc1ccc2c(CC(=O)NCC3(C(=O)O)CCOCC3)coc2c1C. The summed E-state index contributed by atoms with van der Waals surface area (Å²) < 4.78 is 10.9. The van der Waals surface area contributed by atoms with Crippen LogP contribution in [0.3, 0.4) is 0 Å². The number of furan rings is 1. The molecular weight excluding hydrogens is 322 g/mol. The molecule has 1 aromatic heterocycles. The predicted octanol–water partition coefficient (Wildman–Crippen LogP) is 2.59. The summed E-state index contributed by atoms with van der Waals surface area (Å²) in [5.41, 5.74) is 2.89. The third-order valence-electron chi connectivity index (χ3n) is 5.22. The Balaban J connectivity index is 1.69. The van der Waals surface area contributed by atoms with Crippen LogP contribution in [0.4, 0.5) is 0 Å². The number of benzene rings is 1. The van der Waals surface area contributed by atoms with Crippen molar-refractivity contribution in [2.75, 3.05) is 19.8 Å². The number of ether oxygens (including phenoxy) is 1. The number of nitrogens with one attached hydrogen (secondary N) is 1. The Morgan fingerprint density at radius 3 is 2.64 bits per heavy atom. The first-order valence-electron chi connectivity index (χ1n) is 8.47. The summed E-state index contributed by atoms with van der Waals surface area (Å²) in [6, 6.07) is 3.97. The minimum atomic E-state index is -0.930. The number of carboxylic acids is 1. The van der Waals surface area contributed by atoms with Gasteiger partial charge in [0.25, 0.3) is 0 Å². The van der Waals surface area contributed by atoms with Crippen molar-refractivity contribution in [3.8, 4) is 0 Å². The summed E-state index contributed by atoms with van der Waals surface area (Å²) in [6.07, 6.45) is 2.60. The van der Waals surface area contributed by atoms with Gasteiger partial charge in [-0.1, -0.05) is 12.1 Å². The maximum Gasteiger partial charge on any atom is 0.311 e. The van der Waals surface area contributed by atoms with Crippen LogP contribution in [0.1, 0.15) is 29.5 Å². The van der Waals surface area contributed by atoms with Crippen LogP contribution in [0.25, 0.3) is 11.0 Å². The predicted molar refractivity (Wildman–Crippen MR) is 92.5 cm³/mol. The number of carbonyl (C=O) groups excluding carboxylic acids is 1. The number of hydrogen-bond acceptors (Lipinski definition) is 4. The van der Waals surface area contributed by atoms with E-state index in [0.717, 1.165) is 27.7 Å². The molecule has 1 fully saturated rings. The van der Waals surface area contributed by atoms with Gasteiger partial charge >= 0.3 is 5.97 Å². The second-order valence-electron chi connectivity index (χ2n) is 6.80. The zero-order valence-electron chi connectivity index (χ0n) is 14.6. The summed E-state index contributed by atoms with van der Waals surface area (Å²) in [5, 5.41) is 13.2. The third kappa shape index (κ3) is 3.39. The van der Waals surface area contributed by atoms with Crippen LogP contribution >= 0.6 is 0 Å². The molecule has 1 aliphatic heterocycles. The number of carboxylic acid groups (broad SMARTS) is 1. The fourth-order valence-corrected chi connectivity index (χ4v) is 3.26. The number of hydrogen-bond donors (Lipinski definition) is 2. The molecule has 0 bridgehead atoms. The van der Waals surface area contributed by atoms with Gasteiger partial charge in [0.15, 0.2) is 0 Å². The van der Waals surface area contributed by atoms with Gasteiger partial charge in [-0.05, 0) is 37.8 Å². The number of carbonyl (C=O) groups is 2. The highest BCUT2D eigenvalue weighted by atomic mass is 16.5. The number of aryl methyl sites for hydroxylation is 2. The molecule has 6 nitrogen and oxygen atoms in total. The van der Waals surface area contributed by atoms with Gasteiger partial charge in [-0.25, -0.2) is 0 Å². The molecule has 25 heavy (non-hydrogen) atoms. The zero-order chi connectivity index (χ0) is 18.0. The van der Waals surface area contributed by atoms with Gasteiger partial charge < -0.3 is 19.6 Å². The Labute approximate surface area is 146 Å². The fraction of sp³-hybridized carbons (Fsp3) is 0.474. The molecule has 2 aromatic rings. The number of rotatable bonds is 5. The molecule has 0 unspecified atom stereocenters. The maximum absolute atomic E-state index is 12.3. The van der Waals surface area contributed by atoms with Crippen LogP contribution in [-0.4, -0.2) is 36.7 Å². The second kappa shape index (κ2) is 6.88. The lowest BCUT2D eigenvalue weighted by molar-refractivity contribution is -0.154. The Bertz CT molecular complexity index is 801. The fourth-order valence-electron chi connectivity index (χ4n) is 3.26. The van der Waals surface area contributed by atoms with Gasteiger partial charge in [0.1, 0.15) is 5.58 Å². The number of aliphatic carboxylic acids is 1. The highest BCUT2D eigenvalue weighted by molar-refractivity contribution is 5.89. The van der Waals surface area contributed by atoms with Gasteiger partial charge in [0, 0.05) is 30.7 Å². The number of fused-ring (bicyclic) bond motifs is 1. The van der Waals surface area contributed by atoms with Gasteiger partial charge in [-0.15, -0.1) is 0 Å². The average molecular weight is 345 g/mol. The largest absolute Gasteiger partial charge is 0.481 e. The van der Waals surface area contributed by atoms with Gasteiger partial charge in [-0.2, -0.15) is 0 Å². The van der Waals surface area contributed by atoms with E-state index in [4.69, 9.17) is 9.15 Å². The summed E-state index contributed by atoms with van der Waals surface area (Å²) >= 11 is 0. The van der Waals surface area contributed by atoms with E-state index in [2.05, 4.69) is 5.32 Å². The van der Waals surface area contributed by atoms with Crippen molar-refractivity contribution in [2.45, 2.75) is 33.1 Å². The zero-order valence-corrected chi connectivity index (χ0v) is 14.6. The van der Waals surface area contributed by atoms with Crippen LogP contribution in [-0.2, 0) is 20.7 Å². The van der Waals surface area contributed by atoms with Crippen molar-refractivity contribution >= 4 is 22.8 Å². The first-order valence-corrected chi connectivity index (χ1v) is 8.47. The minimum absolute atomic E-state index is 0.123. The molecule has 2 heterocycles. The molecule has 0 saturated carbocycles. The molecule has 2 N–H and O–H groups in total. The molecule has 0 atom stereocenters. The van der Waals surface area contributed by atoms with Crippen LogP contribution in [0.2, 0.25) is 0 Å². The third-order valence-corrected chi connectivity index (χ3v) is 5.22. The summed E-state index contributed by atoms with van der Waals surface area (Å²) in [6.45, 7) is 4.95. The molecule has 1 amide bonds. The quantitative estimate of drug-likeness (QED) is 0.869. The summed E-state index contributed by atoms with van der Waals surface area (Å²) in [5.74, 6) is -1.08. The summed E-state index contributed by atoms with van der Waals surface area (Å²) in [4.78, 5) is 24.0. The smallest absolute Gasteiger partial charge is 0.311 e. The van der Waals surface area contributed by atoms with Crippen molar-refractivity contribution in [1.82, 2.24) is 5.32 Å². The molecule has 134 valence electrons. The van der Waals surface area contributed by atoms with E-state index >= 15 is 0 Å². The first kappa shape index (κ1) is 17.5. The van der Waals surface area contributed by atoms with E-state index in [1.165, 1.54) is 0 Å².